The maximum absolute atomic E-state index is 10.8. The lowest BCUT2D eigenvalue weighted by atomic mass is 10.1. The molecular weight excluding hydrogens is 204 g/mol. The van der Waals surface area contributed by atoms with Crippen LogP contribution in [0.1, 0.15) is 38.3 Å². The van der Waals surface area contributed by atoms with Gasteiger partial charge >= 0.3 is 0 Å². The third-order valence-electron chi connectivity index (χ3n) is 2.58. The van der Waals surface area contributed by atoms with E-state index < -0.39 is 0 Å². The molecule has 0 aromatic heterocycles. The van der Waals surface area contributed by atoms with E-state index in [-0.39, 0.29) is 16.7 Å². The van der Waals surface area contributed by atoms with Gasteiger partial charge in [0.25, 0.3) is 5.69 Å². The topological polar surface area (TPSA) is 55.2 Å². The van der Waals surface area contributed by atoms with E-state index in [1.165, 1.54) is 0 Å². The molecule has 0 aliphatic rings. The Morgan fingerprint density at radius 2 is 2.12 bits per heavy atom. The smallest absolute Gasteiger partial charge is 0.274 e. The largest absolute Gasteiger partial charge is 0.310 e. The molecule has 1 N–H and O–H groups in total. The monoisotopic (exact) mass is 222 g/mol. The SMILES string of the molecule is CCCCNC(C)c1ccccc1[N+](=O)[O-]. The van der Waals surface area contributed by atoms with Gasteiger partial charge in [0.2, 0.25) is 0 Å². The summed E-state index contributed by atoms with van der Waals surface area (Å²) in [5, 5.41) is 14.1. The van der Waals surface area contributed by atoms with Gasteiger partial charge in [-0.25, -0.2) is 0 Å². The molecule has 0 amide bonds. The van der Waals surface area contributed by atoms with Crippen LogP contribution in [0.25, 0.3) is 0 Å². The van der Waals surface area contributed by atoms with Crippen LogP contribution in [-0.2, 0) is 0 Å². The minimum Gasteiger partial charge on any atom is -0.310 e. The highest BCUT2D eigenvalue weighted by atomic mass is 16.6. The minimum atomic E-state index is -0.326. The number of para-hydroxylation sites is 1. The van der Waals surface area contributed by atoms with E-state index in [2.05, 4.69) is 12.2 Å². The molecule has 0 saturated carbocycles. The zero-order chi connectivity index (χ0) is 12.0. The molecule has 4 nitrogen and oxygen atoms in total. The Bertz CT molecular complexity index is 353. The lowest BCUT2D eigenvalue weighted by molar-refractivity contribution is -0.385. The van der Waals surface area contributed by atoms with Gasteiger partial charge in [-0.2, -0.15) is 0 Å². The van der Waals surface area contributed by atoms with Crippen molar-refractivity contribution < 1.29 is 4.92 Å². The van der Waals surface area contributed by atoms with Crippen LogP contribution in [0.5, 0.6) is 0 Å². The van der Waals surface area contributed by atoms with Crippen molar-refractivity contribution >= 4 is 5.69 Å². The summed E-state index contributed by atoms with van der Waals surface area (Å²) in [6.45, 7) is 4.97. The number of hydrogen-bond donors (Lipinski definition) is 1. The molecule has 1 rings (SSSR count). The van der Waals surface area contributed by atoms with Gasteiger partial charge in [-0.3, -0.25) is 10.1 Å². The zero-order valence-electron chi connectivity index (χ0n) is 9.77. The Hall–Kier alpha value is -1.42. The Balaban J connectivity index is 2.74. The predicted molar refractivity (Wildman–Crippen MR) is 64.4 cm³/mol. The first kappa shape index (κ1) is 12.6. The second-order valence-corrected chi connectivity index (χ2v) is 3.85. The molecule has 0 heterocycles. The Morgan fingerprint density at radius 3 is 2.75 bits per heavy atom. The second-order valence-electron chi connectivity index (χ2n) is 3.85. The van der Waals surface area contributed by atoms with Gasteiger partial charge < -0.3 is 5.32 Å². The van der Waals surface area contributed by atoms with Crippen LogP contribution in [0.3, 0.4) is 0 Å². The highest BCUT2D eigenvalue weighted by molar-refractivity contribution is 5.41. The third kappa shape index (κ3) is 3.31. The first-order valence-corrected chi connectivity index (χ1v) is 5.63. The maximum Gasteiger partial charge on any atom is 0.274 e. The fourth-order valence-corrected chi connectivity index (χ4v) is 1.63. The van der Waals surface area contributed by atoms with Crippen molar-refractivity contribution in [2.45, 2.75) is 32.7 Å². The normalized spacial score (nSPS) is 12.4. The number of unbranched alkanes of at least 4 members (excludes halogenated alkanes) is 1. The van der Waals surface area contributed by atoms with Gasteiger partial charge in [0.1, 0.15) is 0 Å². The van der Waals surface area contributed by atoms with Gasteiger partial charge in [0, 0.05) is 17.7 Å². The lowest BCUT2D eigenvalue weighted by Gasteiger charge is -2.13. The number of benzene rings is 1. The zero-order valence-corrected chi connectivity index (χ0v) is 9.77. The summed E-state index contributed by atoms with van der Waals surface area (Å²) >= 11 is 0. The van der Waals surface area contributed by atoms with E-state index in [1.807, 2.05) is 19.1 Å². The van der Waals surface area contributed by atoms with Crippen LogP contribution in [0.15, 0.2) is 24.3 Å². The first-order valence-electron chi connectivity index (χ1n) is 5.63. The molecule has 0 spiro atoms. The number of rotatable bonds is 6. The molecule has 4 heteroatoms. The highest BCUT2D eigenvalue weighted by Crippen LogP contribution is 2.24. The van der Waals surface area contributed by atoms with E-state index in [0.717, 1.165) is 24.9 Å². The van der Waals surface area contributed by atoms with Crippen LogP contribution in [-0.4, -0.2) is 11.5 Å². The number of nitro groups is 1. The maximum atomic E-state index is 10.8. The Morgan fingerprint density at radius 1 is 1.44 bits per heavy atom. The molecule has 1 aromatic rings. The van der Waals surface area contributed by atoms with Gasteiger partial charge in [-0.05, 0) is 19.9 Å². The summed E-state index contributed by atoms with van der Waals surface area (Å²) in [7, 11) is 0. The van der Waals surface area contributed by atoms with Crippen LogP contribution in [0.2, 0.25) is 0 Å². The summed E-state index contributed by atoms with van der Waals surface area (Å²) in [5.41, 5.74) is 0.947. The highest BCUT2D eigenvalue weighted by Gasteiger charge is 2.16. The summed E-state index contributed by atoms with van der Waals surface area (Å²) in [5.74, 6) is 0. The predicted octanol–water partition coefficient (Wildman–Crippen LogP) is 3.05. The number of hydrogen-bond acceptors (Lipinski definition) is 3. The van der Waals surface area contributed by atoms with Crippen molar-refractivity contribution in [3.63, 3.8) is 0 Å². The summed E-state index contributed by atoms with van der Waals surface area (Å²) in [6.07, 6.45) is 2.21. The van der Waals surface area contributed by atoms with Crippen molar-refractivity contribution in [2.24, 2.45) is 0 Å². The van der Waals surface area contributed by atoms with Crippen molar-refractivity contribution in [3.05, 3.63) is 39.9 Å². The van der Waals surface area contributed by atoms with Gasteiger partial charge in [0.15, 0.2) is 0 Å². The molecular formula is C12H18N2O2. The molecule has 0 radical (unpaired) electrons. The fourth-order valence-electron chi connectivity index (χ4n) is 1.63. The molecule has 16 heavy (non-hydrogen) atoms. The second kappa shape index (κ2) is 6.23. The first-order chi connectivity index (χ1) is 7.66. The van der Waals surface area contributed by atoms with Gasteiger partial charge in [0.05, 0.1) is 4.92 Å². The minimum absolute atomic E-state index is 0.0214. The molecule has 88 valence electrons. The van der Waals surface area contributed by atoms with Crippen molar-refractivity contribution in [1.82, 2.24) is 5.32 Å². The van der Waals surface area contributed by atoms with E-state index in [4.69, 9.17) is 0 Å². The van der Waals surface area contributed by atoms with E-state index >= 15 is 0 Å². The summed E-state index contributed by atoms with van der Waals surface area (Å²) in [4.78, 5) is 10.5. The van der Waals surface area contributed by atoms with Gasteiger partial charge in [-0.15, -0.1) is 0 Å². The van der Waals surface area contributed by atoms with Crippen LogP contribution in [0.4, 0.5) is 5.69 Å². The Labute approximate surface area is 95.8 Å². The Kier molecular flexibility index (Phi) is 4.92. The molecule has 0 aliphatic heterocycles. The quantitative estimate of drug-likeness (QED) is 0.457. The third-order valence-corrected chi connectivity index (χ3v) is 2.58. The summed E-state index contributed by atoms with van der Waals surface area (Å²) < 4.78 is 0. The molecule has 1 unspecified atom stereocenters. The lowest BCUT2D eigenvalue weighted by Crippen LogP contribution is -2.20. The number of nitro benzene ring substituents is 1. The molecule has 1 aromatic carbocycles. The van der Waals surface area contributed by atoms with E-state index in [1.54, 1.807) is 12.1 Å². The fraction of sp³-hybridized carbons (Fsp3) is 0.500. The average molecular weight is 222 g/mol. The van der Waals surface area contributed by atoms with Gasteiger partial charge in [-0.1, -0.05) is 31.5 Å². The van der Waals surface area contributed by atoms with Crippen molar-refractivity contribution in [1.29, 1.82) is 0 Å². The molecule has 0 fully saturated rings. The van der Waals surface area contributed by atoms with Crippen LogP contribution < -0.4 is 5.32 Å². The molecule has 0 bridgehead atoms. The van der Waals surface area contributed by atoms with Crippen molar-refractivity contribution in [3.8, 4) is 0 Å². The van der Waals surface area contributed by atoms with Crippen molar-refractivity contribution in [2.75, 3.05) is 6.54 Å². The molecule has 1 atom stereocenters. The average Bonchev–Trinajstić information content (AvgIpc) is 2.29. The van der Waals surface area contributed by atoms with Crippen LogP contribution in [0, 0.1) is 10.1 Å². The van der Waals surface area contributed by atoms with E-state index in [0.29, 0.717) is 0 Å². The molecule has 0 saturated heterocycles. The molecule has 0 aliphatic carbocycles. The summed E-state index contributed by atoms with van der Waals surface area (Å²) in [6, 6.07) is 6.91. The van der Waals surface area contributed by atoms with Crippen LogP contribution >= 0.6 is 0 Å². The number of nitrogens with zero attached hydrogens (tertiary/aromatic N) is 1. The number of nitrogens with one attached hydrogen (secondary N) is 1. The van der Waals surface area contributed by atoms with E-state index in [9.17, 15) is 10.1 Å². The standard InChI is InChI=1S/C12H18N2O2/c1-3-4-9-13-10(2)11-7-5-6-8-12(11)14(15)16/h5-8,10,13H,3-4,9H2,1-2H3.